The van der Waals surface area contributed by atoms with Gasteiger partial charge in [0.2, 0.25) is 10.0 Å². The lowest BCUT2D eigenvalue weighted by Crippen LogP contribution is -2.49. The molecule has 6 rings (SSSR count). The van der Waals surface area contributed by atoms with Gasteiger partial charge < -0.3 is 4.90 Å². The van der Waals surface area contributed by atoms with E-state index in [9.17, 15) is 23.3 Å². The van der Waals surface area contributed by atoms with E-state index in [1.165, 1.54) is 12.3 Å². The van der Waals surface area contributed by atoms with Crippen LogP contribution in [0.4, 0.5) is 0 Å². The van der Waals surface area contributed by atoms with Crippen LogP contribution in [0.5, 0.6) is 0 Å². The minimum Gasteiger partial charge on any atom is -0.339 e. The highest BCUT2D eigenvalue weighted by Gasteiger charge is 2.57. The van der Waals surface area contributed by atoms with Crippen molar-refractivity contribution >= 4 is 21.7 Å². The number of carbonyl (C=O) groups is 2. The third kappa shape index (κ3) is 4.90. The topological polar surface area (TPSA) is 128 Å². The molecule has 2 unspecified atom stereocenters. The number of nitrogens with zero attached hydrogens (tertiary/aromatic N) is 6. The Morgan fingerprint density at radius 2 is 1.51 bits per heavy atom. The summed E-state index contributed by atoms with van der Waals surface area (Å²) in [5.74, 6) is -0.00153. The minimum atomic E-state index is -3.33. The zero-order valence-electron chi connectivity index (χ0n) is 24.0. The number of fused-ring (bicyclic) bond motifs is 2. The molecule has 2 atom stereocenters. The molecule has 1 aromatic carbocycles. The van der Waals surface area contributed by atoms with Crippen LogP contribution in [0.25, 0.3) is 0 Å². The molecule has 3 fully saturated rings. The number of amides is 1. The molecule has 2 bridgehead atoms. The van der Waals surface area contributed by atoms with Crippen molar-refractivity contribution in [1.82, 2.24) is 24.1 Å². The van der Waals surface area contributed by atoms with E-state index in [1.54, 1.807) is 58.3 Å². The molecule has 43 heavy (non-hydrogen) atoms. The predicted octanol–water partition coefficient (Wildman–Crippen LogP) is 3.29. The summed E-state index contributed by atoms with van der Waals surface area (Å²) in [4.78, 5) is 40.4. The molecule has 11 heteroatoms. The first kappa shape index (κ1) is 28.7. The molecule has 5 heterocycles. The van der Waals surface area contributed by atoms with Crippen molar-refractivity contribution in [3.8, 4) is 6.07 Å². The van der Waals surface area contributed by atoms with Crippen LogP contribution in [0.3, 0.4) is 0 Å². The second-order valence-corrected chi connectivity index (χ2v) is 13.4. The number of benzene rings is 1. The van der Waals surface area contributed by atoms with Gasteiger partial charge in [-0.25, -0.2) is 8.42 Å². The van der Waals surface area contributed by atoms with Crippen LogP contribution in [-0.2, 0) is 20.4 Å². The summed E-state index contributed by atoms with van der Waals surface area (Å²) in [6.45, 7) is 0.345. The van der Waals surface area contributed by atoms with Gasteiger partial charge in [-0.2, -0.15) is 9.57 Å². The molecule has 0 saturated carbocycles. The Labute approximate surface area is 251 Å². The Hall–Kier alpha value is -4.40. The van der Waals surface area contributed by atoms with Crippen molar-refractivity contribution in [1.29, 1.82) is 5.26 Å². The summed E-state index contributed by atoms with van der Waals surface area (Å²) >= 11 is 0. The number of pyridine rings is 2. The van der Waals surface area contributed by atoms with Crippen LogP contribution < -0.4 is 0 Å². The van der Waals surface area contributed by atoms with Crippen LogP contribution in [0, 0.1) is 17.2 Å². The number of aromatic nitrogens is 2. The number of sulfonamides is 1. The monoisotopic (exact) mass is 596 g/mol. The predicted molar refractivity (Wildman–Crippen MR) is 159 cm³/mol. The SMILES string of the molecule is CN1C(=CC(=O)c2ccc(C#N)cc2)N(CC2CC3CCC(C2)N3S(C)(=O)=O)C(=O)C1(c1ccncc1)c1ccncc1. The van der Waals surface area contributed by atoms with E-state index in [0.717, 1.165) is 12.8 Å². The Bertz CT molecular complexity index is 1670. The van der Waals surface area contributed by atoms with Crippen molar-refractivity contribution < 1.29 is 18.0 Å². The minimum absolute atomic E-state index is 0.0481. The fourth-order valence-electron chi connectivity index (χ4n) is 7.24. The zero-order valence-corrected chi connectivity index (χ0v) is 24.8. The van der Waals surface area contributed by atoms with Gasteiger partial charge in [0.1, 0.15) is 5.82 Å². The van der Waals surface area contributed by atoms with E-state index in [1.807, 2.05) is 36.2 Å². The molecule has 2 aromatic heterocycles. The second-order valence-electron chi connectivity index (χ2n) is 11.5. The highest BCUT2D eigenvalue weighted by Crippen LogP contribution is 2.47. The maximum Gasteiger partial charge on any atom is 0.263 e. The Morgan fingerprint density at radius 3 is 2.00 bits per heavy atom. The van der Waals surface area contributed by atoms with Gasteiger partial charge in [0.05, 0.1) is 17.9 Å². The first-order valence-corrected chi connectivity index (χ1v) is 16.1. The third-order valence-corrected chi connectivity index (χ3v) is 10.4. The van der Waals surface area contributed by atoms with Gasteiger partial charge in [-0.3, -0.25) is 24.5 Å². The molecule has 3 aliphatic rings. The summed E-state index contributed by atoms with van der Waals surface area (Å²) in [6, 6.07) is 15.5. The highest BCUT2D eigenvalue weighted by molar-refractivity contribution is 7.88. The average Bonchev–Trinajstić information content (AvgIpc) is 3.41. The lowest BCUT2D eigenvalue weighted by molar-refractivity contribution is -0.132. The lowest BCUT2D eigenvalue weighted by Gasteiger charge is -2.38. The van der Waals surface area contributed by atoms with Crippen molar-refractivity contribution in [2.75, 3.05) is 19.8 Å². The number of carbonyl (C=O) groups excluding carboxylic acids is 2. The summed E-state index contributed by atoms with van der Waals surface area (Å²) in [7, 11) is -1.52. The quantitative estimate of drug-likeness (QED) is 0.300. The molecular formula is C32H32N6O4S. The van der Waals surface area contributed by atoms with E-state index in [4.69, 9.17) is 0 Å². The molecule has 10 nitrogen and oxygen atoms in total. The number of allylic oxidation sites excluding steroid dienone is 1. The summed E-state index contributed by atoms with van der Waals surface area (Å²) in [6.07, 6.45) is 12.2. The molecule has 3 aromatic rings. The van der Waals surface area contributed by atoms with Crippen LogP contribution >= 0.6 is 0 Å². The zero-order chi connectivity index (χ0) is 30.4. The van der Waals surface area contributed by atoms with E-state index < -0.39 is 15.6 Å². The van der Waals surface area contributed by atoms with Gasteiger partial charge in [-0.05, 0) is 91.3 Å². The fraction of sp³-hybridized carbons (Fsp3) is 0.344. The van der Waals surface area contributed by atoms with Crippen molar-refractivity contribution in [3.05, 3.63) is 107 Å². The van der Waals surface area contributed by atoms with Gasteiger partial charge in [0.15, 0.2) is 11.3 Å². The maximum absolute atomic E-state index is 14.9. The smallest absolute Gasteiger partial charge is 0.263 e. The van der Waals surface area contributed by atoms with Crippen molar-refractivity contribution in [2.24, 2.45) is 5.92 Å². The standard InChI is InChI=1S/C32H32N6O4S/c1-36-30(19-29(39)24-5-3-22(20-33)4-6-24)37(21-23-17-27-7-8-28(18-23)38(27)43(2,41)42)31(40)32(36,25-9-13-34-14-10-25)26-11-15-35-16-12-26/h3-6,9-16,19,23,27-28H,7-8,17-18,21H2,1-2H3. The highest BCUT2D eigenvalue weighted by atomic mass is 32.2. The second kappa shape index (κ2) is 11.0. The normalized spacial score (nSPS) is 24.3. The van der Waals surface area contributed by atoms with Crippen LogP contribution in [0.1, 0.15) is 52.7 Å². The summed E-state index contributed by atoms with van der Waals surface area (Å²) < 4.78 is 26.7. The van der Waals surface area contributed by atoms with Gasteiger partial charge >= 0.3 is 0 Å². The average molecular weight is 597 g/mol. The maximum atomic E-state index is 14.9. The first-order valence-electron chi connectivity index (χ1n) is 14.3. The lowest BCUT2D eigenvalue weighted by atomic mass is 9.82. The number of likely N-dealkylation sites (N-methyl/N-ethyl adjacent to an activating group) is 1. The number of hydrogen-bond acceptors (Lipinski definition) is 8. The number of hydrogen-bond donors (Lipinski definition) is 0. The van der Waals surface area contributed by atoms with Crippen molar-refractivity contribution in [3.63, 3.8) is 0 Å². The molecule has 1 amide bonds. The number of nitriles is 1. The van der Waals surface area contributed by atoms with Crippen LogP contribution in [-0.4, -0.2) is 76.1 Å². The molecule has 220 valence electrons. The van der Waals surface area contributed by atoms with E-state index in [0.29, 0.717) is 47.5 Å². The van der Waals surface area contributed by atoms with Crippen molar-refractivity contribution in [2.45, 2.75) is 43.3 Å². The molecule has 0 aliphatic carbocycles. The molecule has 3 aliphatic heterocycles. The van der Waals surface area contributed by atoms with Crippen LogP contribution in [0.2, 0.25) is 0 Å². The fourth-order valence-corrected chi connectivity index (χ4v) is 8.71. The van der Waals surface area contributed by atoms with Gasteiger partial charge in [-0.1, -0.05) is 0 Å². The molecule has 3 saturated heterocycles. The van der Waals surface area contributed by atoms with E-state index >= 15 is 0 Å². The molecular weight excluding hydrogens is 564 g/mol. The number of piperidine rings is 1. The van der Waals surface area contributed by atoms with Gasteiger partial charge in [0, 0.05) is 62.1 Å². The largest absolute Gasteiger partial charge is 0.339 e. The van der Waals surface area contributed by atoms with E-state index in [-0.39, 0.29) is 29.7 Å². The molecule has 0 N–H and O–H groups in total. The third-order valence-electron chi connectivity index (χ3n) is 9.02. The number of rotatable bonds is 7. The molecule has 0 spiro atoms. The summed E-state index contributed by atoms with van der Waals surface area (Å²) in [5.41, 5.74) is 0.968. The Morgan fingerprint density at radius 1 is 0.977 bits per heavy atom. The van der Waals surface area contributed by atoms with E-state index in [2.05, 4.69) is 16.0 Å². The first-order chi connectivity index (χ1) is 20.6. The van der Waals surface area contributed by atoms with Gasteiger partial charge in [0.25, 0.3) is 5.91 Å². The summed E-state index contributed by atoms with van der Waals surface area (Å²) in [5, 5.41) is 9.19. The number of ketones is 1. The molecule has 0 radical (unpaired) electrons. The Balaban J connectivity index is 1.44. The Kier molecular flexibility index (Phi) is 7.36. The van der Waals surface area contributed by atoms with Gasteiger partial charge in [-0.15, -0.1) is 0 Å². The van der Waals surface area contributed by atoms with Crippen LogP contribution in [0.15, 0.2) is 85.2 Å².